The molecule has 0 fully saturated rings. The van der Waals surface area contributed by atoms with Crippen LogP contribution in [0.3, 0.4) is 0 Å². The zero-order valence-electron chi connectivity index (χ0n) is 13.0. The topological polar surface area (TPSA) is 58.2 Å². The van der Waals surface area contributed by atoms with Crippen LogP contribution in [0.5, 0.6) is 0 Å². The average molecular weight is 353 g/mol. The van der Waals surface area contributed by atoms with Crippen molar-refractivity contribution in [1.82, 2.24) is 5.32 Å². The van der Waals surface area contributed by atoms with E-state index in [1.54, 1.807) is 13.0 Å². The lowest BCUT2D eigenvalue weighted by Gasteiger charge is -2.12. The Morgan fingerprint density at radius 2 is 1.79 bits per heavy atom. The molecule has 0 spiro atoms. The minimum Gasteiger partial charge on any atom is -0.343 e. The molecule has 0 heterocycles. The molecule has 2 rings (SSSR count). The second kappa shape index (κ2) is 7.40. The summed E-state index contributed by atoms with van der Waals surface area (Å²) >= 11 is 6.09. The standard InChI is InChI=1S/C17H15ClF2N2O2/c1-9-5-10(2)16(12(18)6-9)22-15(23)8-21-17(24)11-3-4-13(19)14(20)7-11/h3-7H,8H2,1-2H3,(H,21,24)(H,22,23). The van der Waals surface area contributed by atoms with Gasteiger partial charge in [-0.05, 0) is 49.2 Å². The molecule has 0 aliphatic rings. The van der Waals surface area contributed by atoms with Gasteiger partial charge in [-0.1, -0.05) is 17.7 Å². The maximum Gasteiger partial charge on any atom is 0.251 e. The molecule has 0 aliphatic carbocycles. The lowest BCUT2D eigenvalue weighted by Crippen LogP contribution is -2.33. The number of carbonyl (C=O) groups is 2. The van der Waals surface area contributed by atoms with E-state index in [1.165, 1.54) is 0 Å². The van der Waals surface area contributed by atoms with E-state index in [0.29, 0.717) is 10.7 Å². The lowest BCUT2D eigenvalue weighted by atomic mass is 10.1. The molecule has 2 N–H and O–H groups in total. The highest BCUT2D eigenvalue weighted by molar-refractivity contribution is 6.34. The lowest BCUT2D eigenvalue weighted by molar-refractivity contribution is -0.115. The van der Waals surface area contributed by atoms with Crippen LogP contribution >= 0.6 is 11.6 Å². The number of carbonyl (C=O) groups excluding carboxylic acids is 2. The highest BCUT2D eigenvalue weighted by Gasteiger charge is 2.13. The SMILES string of the molecule is Cc1cc(C)c(NC(=O)CNC(=O)c2ccc(F)c(F)c2)c(Cl)c1. The number of amides is 2. The van der Waals surface area contributed by atoms with Crippen LogP contribution in [0, 0.1) is 25.5 Å². The fourth-order valence-corrected chi connectivity index (χ4v) is 2.53. The number of hydrogen-bond donors (Lipinski definition) is 2. The van der Waals surface area contributed by atoms with E-state index in [-0.39, 0.29) is 12.1 Å². The van der Waals surface area contributed by atoms with Gasteiger partial charge in [0.05, 0.1) is 17.3 Å². The molecule has 0 bridgehead atoms. The summed E-state index contributed by atoms with van der Waals surface area (Å²) in [4.78, 5) is 23.8. The van der Waals surface area contributed by atoms with Gasteiger partial charge in [0.2, 0.25) is 5.91 Å². The van der Waals surface area contributed by atoms with Gasteiger partial charge in [-0.3, -0.25) is 9.59 Å². The van der Waals surface area contributed by atoms with Gasteiger partial charge in [0.1, 0.15) is 0 Å². The zero-order chi connectivity index (χ0) is 17.9. The zero-order valence-corrected chi connectivity index (χ0v) is 13.8. The van der Waals surface area contributed by atoms with Crippen LogP contribution < -0.4 is 10.6 Å². The monoisotopic (exact) mass is 352 g/mol. The summed E-state index contributed by atoms with van der Waals surface area (Å²) in [5, 5.41) is 5.34. The summed E-state index contributed by atoms with van der Waals surface area (Å²) in [5.74, 6) is -3.35. The average Bonchev–Trinajstić information content (AvgIpc) is 2.51. The molecule has 0 unspecified atom stereocenters. The van der Waals surface area contributed by atoms with Crippen molar-refractivity contribution in [3.05, 3.63) is 63.7 Å². The minimum absolute atomic E-state index is 0.0775. The van der Waals surface area contributed by atoms with Crippen molar-refractivity contribution >= 4 is 29.1 Å². The van der Waals surface area contributed by atoms with Gasteiger partial charge in [-0.25, -0.2) is 8.78 Å². The van der Waals surface area contributed by atoms with Crippen molar-refractivity contribution in [2.45, 2.75) is 13.8 Å². The fourth-order valence-electron chi connectivity index (χ4n) is 2.16. The highest BCUT2D eigenvalue weighted by Crippen LogP contribution is 2.27. The van der Waals surface area contributed by atoms with E-state index in [2.05, 4.69) is 10.6 Å². The largest absolute Gasteiger partial charge is 0.343 e. The van der Waals surface area contributed by atoms with Gasteiger partial charge in [-0.15, -0.1) is 0 Å². The molecule has 0 atom stereocenters. The summed E-state index contributed by atoms with van der Waals surface area (Å²) in [7, 11) is 0. The van der Waals surface area contributed by atoms with E-state index < -0.39 is 23.4 Å². The van der Waals surface area contributed by atoms with Crippen molar-refractivity contribution in [2.24, 2.45) is 0 Å². The van der Waals surface area contributed by atoms with Crippen LogP contribution in [-0.4, -0.2) is 18.4 Å². The molecule has 0 saturated heterocycles. The summed E-state index contributed by atoms with van der Waals surface area (Å²) in [5.41, 5.74) is 2.14. The molecule has 0 saturated carbocycles. The molecule has 24 heavy (non-hydrogen) atoms. The first-order valence-corrected chi connectivity index (χ1v) is 7.45. The van der Waals surface area contributed by atoms with Gasteiger partial charge < -0.3 is 10.6 Å². The maximum atomic E-state index is 13.1. The fraction of sp³-hybridized carbons (Fsp3) is 0.176. The van der Waals surface area contributed by atoms with Crippen molar-refractivity contribution < 1.29 is 18.4 Å². The Hall–Kier alpha value is -2.47. The number of benzene rings is 2. The van der Waals surface area contributed by atoms with Crippen LogP contribution in [0.4, 0.5) is 14.5 Å². The molecular weight excluding hydrogens is 338 g/mol. The normalized spacial score (nSPS) is 10.4. The van der Waals surface area contributed by atoms with Crippen LogP contribution in [0.2, 0.25) is 5.02 Å². The highest BCUT2D eigenvalue weighted by atomic mass is 35.5. The quantitative estimate of drug-likeness (QED) is 0.883. The first kappa shape index (κ1) is 17.9. The molecular formula is C17H15ClF2N2O2. The van der Waals surface area contributed by atoms with Crippen LogP contribution in [0.1, 0.15) is 21.5 Å². The number of anilines is 1. The number of hydrogen-bond acceptors (Lipinski definition) is 2. The van der Waals surface area contributed by atoms with Crippen molar-refractivity contribution in [2.75, 3.05) is 11.9 Å². The molecule has 2 aromatic rings. The summed E-state index contributed by atoms with van der Waals surface area (Å²) in [6.07, 6.45) is 0. The summed E-state index contributed by atoms with van der Waals surface area (Å²) < 4.78 is 25.9. The molecule has 126 valence electrons. The first-order chi connectivity index (χ1) is 11.3. The van der Waals surface area contributed by atoms with Gasteiger partial charge in [-0.2, -0.15) is 0 Å². The molecule has 0 aliphatic heterocycles. The number of nitrogens with one attached hydrogen (secondary N) is 2. The molecule has 7 heteroatoms. The van der Waals surface area contributed by atoms with Crippen LogP contribution in [-0.2, 0) is 4.79 Å². The molecule has 2 amide bonds. The van der Waals surface area contributed by atoms with Gasteiger partial charge in [0.25, 0.3) is 5.91 Å². The smallest absolute Gasteiger partial charge is 0.251 e. The Morgan fingerprint density at radius 3 is 2.42 bits per heavy atom. The van der Waals surface area contributed by atoms with Crippen molar-refractivity contribution in [1.29, 1.82) is 0 Å². The Balaban J connectivity index is 1.98. The first-order valence-electron chi connectivity index (χ1n) is 7.08. The number of rotatable bonds is 4. The van der Waals surface area contributed by atoms with E-state index in [9.17, 15) is 18.4 Å². The second-order valence-corrected chi connectivity index (χ2v) is 5.71. The number of halogens is 3. The van der Waals surface area contributed by atoms with Gasteiger partial charge >= 0.3 is 0 Å². The molecule has 0 aromatic heterocycles. The third-order valence-electron chi connectivity index (χ3n) is 3.29. The summed E-state index contributed by atoms with van der Waals surface area (Å²) in [6, 6.07) is 6.32. The van der Waals surface area contributed by atoms with Gasteiger partial charge in [0.15, 0.2) is 11.6 Å². The summed E-state index contributed by atoms with van der Waals surface area (Å²) in [6.45, 7) is 3.35. The van der Waals surface area contributed by atoms with Crippen LogP contribution in [0.15, 0.2) is 30.3 Å². The molecule has 4 nitrogen and oxygen atoms in total. The van der Waals surface area contributed by atoms with E-state index in [0.717, 1.165) is 29.3 Å². The number of aryl methyl sites for hydroxylation is 2. The Morgan fingerprint density at radius 1 is 1.08 bits per heavy atom. The Labute approximate surface area is 142 Å². The minimum atomic E-state index is -1.13. The van der Waals surface area contributed by atoms with Gasteiger partial charge in [0, 0.05) is 5.56 Å². The van der Waals surface area contributed by atoms with Crippen molar-refractivity contribution in [3.8, 4) is 0 Å². The van der Waals surface area contributed by atoms with Crippen LogP contribution in [0.25, 0.3) is 0 Å². The van der Waals surface area contributed by atoms with E-state index in [4.69, 9.17) is 11.6 Å². The molecule has 2 aromatic carbocycles. The predicted molar refractivity (Wildman–Crippen MR) is 88.2 cm³/mol. The second-order valence-electron chi connectivity index (χ2n) is 5.30. The Bertz CT molecular complexity index is 786. The van der Waals surface area contributed by atoms with E-state index in [1.807, 2.05) is 13.0 Å². The third kappa shape index (κ3) is 4.29. The van der Waals surface area contributed by atoms with E-state index >= 15 is 0 Å². The van der Waals surface area contributed by atoms with Crippen molar-refractivity contribution in [3.63, 3.8) is 0 Å². The predicted octanol–water partition coefficient (Wildman–Crippen LogP) is 3.60. The molecule has 0 radical (unpaired) electrons. The Kier molecular flexibility index (Phi) is 5.51. The third-order valence-corrected chi connectivity index (χ3v) is 3.59. The maximum absolute atomic E-state index is 13.1.